The second-order valence-corrected chi connectivity index (χ2v) is 8.74. The Labute approximate surface area is 220 Å². The lowest BCUT2D eigenvalue weighted by Crippen LogP contribution is -2.36. The van der Waals surface area contributed by atoms with Crippen molar-refractivity contribution < 1.29 is 19.1 Å². The molecule has 0 unspecified atom stereocenters. The van der Waals surface area contributed by atoms with Crippen molar-refractivity contribution in [2.24, 2.45) is 0 Å². The number of carbonyl (C=O) groups is 2. The average Bonchev–Trinajstić information content (AvgIpc) is 2.89. The second-order valence-electron chi connectivity index (χ2n) is 8.30. The van der Waals surface area contributed by atoms with Crippen LogP contribution in [0.2, 0.25) is 5.02 Å². The molecular weight excluding hydrogens is 499 g/mol. The molecule has 2 N–H and O–H groups in total. The zero-order valence-corrected chi connectivity index (χ0v) is 21.7. The Balaban J connectivity index is 1.69. The van der Waals surface area contributed by atoms with Gasteiger partial charge in [-0.2, -0.15) is 4.98 Å². The number of nitrogens with one attached hydrogen (secondary N) is 1. The van der Waals surface area contributed by atoms with Crippen LogP contribution in [0.3, 0.4) is 0 Å². The van der Waals surface area contributed by atoms with Crippen molar-refractivity contribution in [2.75, 3.05) is 43.4 Å². The van der Waals surface area contributed by atoms with Crippen molar-refractivity contribution in [1.29, 1.82) is 0 Å². The van der Waals surface area contributed by atoms with Crippen LogP contribution < -0.4 is 10.2 Å². The minimum absolute atomic E-state index is 0.0611. The van der Waals surface area contributed by atoms with Gasteiger partial charge >= 0.3 is 6.09 Å². The van der Waals surface area contributed by atoms with Gasteiger partial charge in [0.15, 0.2) is 0 Å². The molecule has 1 heterocycles. The number of likely N-dealkylation sites (N-methyl/N-ethyl adjacent to an activating group) is 2. The van der Waals surface area contributed by atoms with Crippen LogP contribution in [0.15, 0.2) is 54.7 Å². The predicted octanol–water partition coefficient (Wildman–Crippen LogP) is 5.11. The first-order valence-corrected chi connectivity index (χ1v) is 12.2. The van der Waals surface area contributed by atoms with Gasteiger partial charge < -0.3 is 20.2 Å². The molecule has 9 nitrogen and oxygen atoms in total. The number of halogens is 2. The van der Waals surface area contributed by atoms with Crippen molar-refractivity contribution >= 4 is 41.1 Å². The summed E-state index contributed by atoms with van der Waals surface area (Å²) < 4.78 is 14.2. The van der Waals surface area contributed by atoms with E-state index in [1.54, 1.807) is 36.2 Å². The molecule has 11 heteroatoms. The number of carbonyl (C=O) groups excluding carboxylic acids is 1. The van der Waals surface area contributed by atoms with Gasteiger partial charge in [0.2, 0.25) is 5.95 Å². The van der Waals surface area contributed by atoms with Crippen LogP contribution in [0.4, 0.5) is 26.6 Å². The Morgan fingerprint density at radius 1 is 1.05 bits per heavy atom. The number of hydrogen-bond acceptors (Lipinski definition) is 6. The topological polar surface area (TPSA) is 102 Å². The lowest BCUT2D eigenvalue weighted by atomic mass is 10.2. The number of nitrogens with zero attached hydrogens (tertiary/aromatic N) is 5. The van der Waals surface area contributed by atoms with E-state index in [1.165, 1.54) is 30.5 Å². The van der Waals surface area contributed by atoms with Gasteiger partial charge in [0.25, 0.3) is 5.91 Å². The Bertz CT molecular complexity index is 1220. The van der Waals surface area contributed by atoms with Crippen LogP contribution in [-0.4, -0.2) is 70.1 Å². The molecule has 0 spiro atoms. The molecular formula is C26H30ClFN6O3. The highest BCUT2D eigenvalue weighted by Gasteiger charge is 2.19. The Morgan fingerprint density at radius 3 is 2.41 bits per heavy atom. The van der Waals surface area contributed by atoms with Crippen LogP contribution in [-0.2, 0) is 6.54 Å². The maximum atomic E-state index is 14.2. The summed E-state index contributed by atoms with van der Waals surface area (Å²) in [6.45, 7) is 7.20. The smallest absolute Gasteiger partial charge is 0.413 e. The van der Waals surface area contributed by atoms with Crippen molar-refractivity contribution in [2.45, 2.75) is 20.4 Å². The van der Waals surface area contributed by atoms with E-state index in [4.69, 9.17) is 11.6 Å². The number of carboxylic acid groups (broad SMARTS) is 1. The fourth-order valence-corrected chi connectivity index (χ4v) is 3.81. The highest BCUT2D eigenvalue weighted by Crippen LogP contribution is 2.22. The fraction of sp³-hybridized carbons (Fsp3) is 0.308. The minimum Gasteiger partial charge on any atom is -0.465 e. The van der Waals surface area contributed by atoms with Gasteiger partial charge in [0.05, 0.1) is 6.54 Å². The largest absolute Gasteiger partial charge is 0.465 e. The maximum Gasteiger partial charge on any atom is 0.413 e. The number of aromatic nitrogens is 2. The first kappa shape index (κ1) is 27.8. The molecule has 0 atom stereocenters. The highest BCUT2D eigenvalue weighted by atomic mass is 35.5. The third-order valence-electron chi connectivity index (χ3n) is 5.87. The SMILES string of the molecule is CCN(CC)CCN(C)C(=O)c1ccc(Nc2nccc(N(Cc3cc(Cl)ccc3F)C(=O)O)n2)cc1. The van der Waals surface area contributed by atoms with Gasteiger partial charge in [-0.25, -0.2) is 14.2 Å². The molecule has 3 aromatic rings. The van der Waals surface area contributed by atoms with Crippen molar-refractivity contribution in [1.82, 2.24) is 19.8 Å². The number of rotatable bonds is 11. The van der Waals surface area contributed by atoms with Crippen LogP contribution in [0.5, 0.6) is 0 Å². The lowest BCUT2D eigenvalue weighted by Gasteiger charge is -2.23. The summed E-state index contributed by atoms with van der Waals surface area (Å²) in [5.41, 5.74) is 1.27. The first-order valence-electron chi connectivity index (χ1n) is 11.8. The van der Waals surface area contributed by atoms with E-state index in [2.05, 4.69) is 34.0 Å². The molecule has 3 rings (SSSR count). The summed E-state index contributed by atoms with van der Waals surface area (Å²) in [5, 5.41) is 13.0. The molecule has 0 bridgehead atoms. The molecule has 0 aliphatic rings. The lowest BCUT2D eigenvalue weighted by molar-refractivity contribution is 0.0779. The van der Waals surface area contributed by atoms with Gasteiger partial charge in [0.1, 0.15) is 11.6 Å². The van der Waals surface area contributed by atoms with E-state index in [1.807, 2.05) is 0 Å². The zero-order valence-electron chi connectivity index (χ0n) is 21.0. The van der Waals surface area contributed by atoms with Gasteiger partial charge in [-0.15, -0.1) is 0 Å². The molecule has 0 aliphatic heterocycles. The van der Waals surface area contributed by atoms with Crippen LogP contribution >= 0.6 is 11.6 Å². The summed E-state index contributed by atoms with van der Waals surface area (Å²) >= 11 is 5.94. The Hall–Kier alpha value is -3.76. The zero-order chi connectivity index (χ0) is 26.9. The van der Waals surface area contributed by atoms with Crippen molar-refractivity contribution in [3.63, 3.8) is 0 Å². The third kappa shape index (κ3) is 7.61. The number of benzene rings is 2. The molecule has 2 aromatic carbocycles. The van der Waals surface area contributed by atoms with Crippen LogP contribution in [0.1, 0.15) is 29.8 Å². The molecule has 196 valence electrons. The Kier molecular flexibility index (Phi) is 9.76. The number of amides is 2. The second kappa shape index (κ2) is 13.0. The normalized spacial score (nSPS) is 10.9. The van der Waals surface area contributed by atoms with Gasteiger partial charge in [-0.3, -0.25) is 9.69 Å². The summed E-state index contributed by atoms with van der Waals surface area (Å²) in [4.78, 5) is 37.9. The number of anilines is 3. The highest BCUT2D eigenvalue weighted by molar-refractivity contribution is 6.30. The molecule has 0 radical (unpaired) electrons. The third-order valence-corrected chi connectivity index (χ3v) is 6.10. The summed E-state index contributed by atoms with van der Waals surface area (Å²) in [7, 11) is 1.78. The maximum absolute atomic E-state index is 14.2. The molecule has 37 heavy (non-hydrogen) atoms. The average molecular weight is 529 g/mol. The van der Waals surface area contributed by atoms with Crippen molar-refractivity contribution in [3.05, 3.63) is 76.7 Å². The van der Waals surface area contributed by atoms with Crippen molar-refractivity contribution in [3.8, 4) is 0 Å². The van der Waals surface area contributed by atoms with Crippen LogP contribution in [0.25, 0.3) is 0 Å². The number of hydrogen-bond donors (Lipinski definition) is 2. The van der Waals surface area contributed by atoms with Gasteiger partial charge in [0, 0.05) is 48.2 Å². The van der Waals surface area contributed by atoms with Gasteiger partial charge in [-0.05, 0) is 61.6 Å². The first-order chi connectivity index (χ1) is 17.7. The van der Waals surface area contributed by atoms with E-state index in [0.29, 0.717) is 22.8 Å². The predicted molar refractivity (Wildman–Crippen MR) is 142 cm³/mol. The monoisotopic (exact) mass is 528 g/mol. The van der Waals surface area contributed by atoms with E-state index >= 15 is 0 Å². The molecule has 0 saturated carbocycles. The fourth-order valence-electron chi connectivity index (χ4n) is 3.62. The molecule has 0 fully saturated rings. The Morgan fingerprint density at radius 2 is 1.76 bits per heavy atom. The summed E-state index contributed by atoms with van der Waals surface area (Å²) in [6, 6.07) is 12.2. The quantitative estimate of drug-likeness (QED) is 0.356. The van der Waals surface area contributed by atoms with Gasteiger partial charge in [-0.1, -0.05) is 25.4 Å². The van der Waals surface area contributed by atoms with E-state index < -0.39 is 11.9 Å². The van der Waals surface area contributed by atoms with Crippen LogP contribution in [0, 0.1) is 5.82 Å². The molecule has 1 aromatic heterocycles. The van der Waals surface area contributed by atoms with E-state index in [0.717, 1.165) is 24.5 Å². The summed E-state index contributed by atoms with van der Waals surface area (Å²) in [6.07, 6.45) is 0.0921. The standard InChI is InChI=1S/C26H30ClFN6O3/c1-4-33(5-2)15-14-32(3)24(35)18-6-9-21(10-7-18)30-25-29-13-12-23(31-25)34(26(36)37)17-19-16-20(27)8-11-22(19)28/h6-13,16H,4-5,14-15,17H2,1-3H3,(H,36,37)(H,29,30,31). The molecule has 0 saturated heterocycles. The minimum atomic E-state index is -1.31. The summed E-state index contributed by atoms with van der Waals surface area (Å²) in [5.74, 6) is -0.449. The van der Waals surface area contributed by atoms with E-state index in [9.17, 15) is 19.1 Å². The molecule has 0 aliphatic carbocycles. The van der Waals surface area contributed by atoms with E-state index in [-0.39, 0.29) is 29.8 Å². The molecule has 2 amide bonds.